The fourth-order valence-corrected chi connectivity index (χ4v) is 3.46. The quantitative estimate of drug-likeness (QED) is 0.588. The van der Waals surface area contributed by atoms with Gasteiger partial charge in [-0.15, -0.1) is 11.8 Å². The van der Waals surface area contributed by atoms with Gasteiger partial charge in [-0.1, -0.05) is 43.3 Å². The van der Waals surface area contributed by atoms with Crippen molar-refractivity contribution in [3.63, 3.8) is 0 Å². The summed E-state index contributed by atoms with van der Waals surface area (Å²) in [6, 6.07) is 22.3. The summed E-state index contributed by atoms with van der Waals surface area (Å²) < 4.78 is 0. The van der Waals surface area contributed by atoms with Gasteiger partial charge in [-0.2, -0.15) is 0 Å². The number of pyridine rings is 1. The third kappa shape index (κ3) is 5.46. The molecule has 0 unspecified atom stereocenters. The fraction of sp³-hybridized carbons (Fsp3) is 0.182. The van der Waals surface area contributed by atoms with Crippen molar-refractivity contribution in [2.24, 2.45) is 5.92 Å². The molecule has 3 aromatic rings. The van der Waals surface area contributed by atoms with Crippen LogP contribution in [0.25, 0.3) is 0 Å². The van der Waals surface area contributed by atoms with Gasteiger partial charge in [-0.3, -0.25) is 9.78 Å². The zero-order valence-corrected chi connectivity index (χ0v) is 15.6. The number of nitrogens with zero attached hydrogens (tertiary/aromatic N) is 1. The monoisotopic (exact) mass is 362 g/mol. The number of nitrogens with one attached hydrogen (secondary N) is 1. The van der Waals surface area contributed by atoms with Gasteiger partial charge in [-0.25, -0.2) is 0 Å². The minimum atomic E-state index is -0.105. The first kappa shape index (κ1) is 18.2. The molecule has 0 aliphatic carbocycles. The maximum Gasteiger partial charge on any atom is 0.227 e. The molecule has 0 bridgehead atoms. The molecule has 132 valence electrons. The minimum absolute atomic E-state index is 0.0264. The molecule has 0 saturated carbocycles. The van der Waals surface area contributed by atoms with Crippen molar-refractivity contribution < 1.29 is 4.79 Å². The van der Waals surface area contributed by atoms with Crippen molar-refractivity contribution in [3.8, 4) is 0 Å². The highest BCUT2D eigenvalue weighted by Gasteiger charge is 2.13. The summed E-state index contributed by atoms with van der Waals surface area (Å²) in [6.07, 6.45) is 4.23. The normalized spacial score (nSPS) is 11.7. The smallest absolute Gasteiger partial charge is 0.227 e. The molecule has 0 aliphatic rings. The Bertz CT molecular complexity index is 820. The van der Waals surface area contributed by atoms with E-state index >= 15 is 0 Å². The molecule has 0 saturated heterocycles. The Morgan fingerprint density at radius 2 is 1.73 bits per heavy atom. The van der Waals surface area contributed by atoms with Crippen LogP contribution in [0.3, 0.4) is 0 Å². The highest BCUT2D eigenvalue weighted by molar-refractivity contribution is 7.98. The summed E-state index contributed by atoms with van der Waals surface area (Å²) in [5, 5.41) is 2.99. The highest BCUT2D eigenvalue weighted by atomic mass is 32.2. The molecule has 3 nitrogen and oxygen atoms in total. The van der Waals surface area contributed by atoms with Gasteiger partial charge in [0.1, 0.15) is 0 Å². The SMILES string of the molecule is C[C@@H](Cc1cccnc1)C(=O)Nc1ccc(SCc2ccccc2)cc1. The molecule has 3 rings (SSSR count). The van der Waals surface area contributed by atoms with E-state index in [0.717, 1.165) is 17.0 Å². The lowest BCUT2D eigenvalue weighted by atomic mass is 10.0. The van der Waals surface area contributed by atoms with Crippen LogP contribution >= 0.6 is 11.8 Å². The molecular formula is C22H22N2OS. The van der Waals surface area contributed by atoms with Gasteiger partial charge in [0, 0.05) is 34.6 Å². The van der Waals surface area contributed by atoms with Gasteiger partial charge in [-0.05, 0) is 47.9 Å². The van der Waals surface area contributed by atoms with Crippen molar-refractivity contribution >= 4 is 23.4 Å². The Kier molecular flexibility index (Phi) is 6.45. The molecule has 4 heteroatoms. The maximum absolute atomic E-state index is 12.4. The molecule has 1 heterocycles. The average Bonchev–Trinajstić information content (AvgIpc) is 2.69. The number of carbonyl (C=O) groups excluding carboxylic acids is 1. The largest absolute Gasteiger partial charge is 0.326 e. The van der Waals surface area contributed by atoms with Crippen LogP contribution in [0.2, 0.25) is 0 Å². The van der Waals surface area contributed by atoms with Crippen LogP contribution in [0.4, 0.5) is 5.69 Å². The Balaban J connectivity index is 1.51. The van der Waals surface area contributed by atoms with Crippen LogP contribution in [-0.2, 0) is 17.0 Å². The van der Waals surface area contributed by atoms with E-state index in [1.165, 1.54) is 10.5 Å². The van der Waals surface area contributed by atoms with Crippen LogP contribution < -0.4 is 5.32 Å². The first-order chi connectivity index (χ1) is 12.7. The zero-order chi connectivity index (χ0) is 18.2. The summed E-state index contributed by atoms with van der Waals surface area (Å²) in [5.41, 5.74) is 3.21. The molecule has 1 N–H and O–H groups in total. The molecule has 0 spiro atoms. The van der Waals surface area contributed by atoms with Crippen molar-refractivity contribution in [1.29, 1.82) is 0 Å². The number of anilines is 1. The number of thioether (sulfide) groups is 1. The van der Waals surface area contributed by atoms with E-state index in [0.29, 0.717) is 6.42 Å². The van der Waals surface area contributed by atoms with Crippen LogP contribution in [-0.4, -0.2) is 10.9 Å². The average molecular weight is 362 g/mol. The highest BCUT2D eigenvalue weighted by Crippen LogP contribution is 2.24. The second kappa shape index (κ2) is 9.20. The summed E-state index contributed by atoms with van der Waals surface area (Å²) >= 11 is 1.79. The van der Waals surface area contributed by atoms with E-state index in [2.05, 4.69) is 46.7 Å². The van der Waals surface area contributed by atoms with E-state index in [1.807, 2.05) is 43.5 Å². The number of hydrogen-bond donors (Lipinski definition) is 1. The molecule has 1 atom stereocenters. The molecule has 0 radical (unpaired) electrons. The van der Waals surface area contributed by atoms with Gasteiger partial charge >= 0.3 is 0 Å². The topological polar surface area (TPSA) is 42.0 Å². The lowest BCUT2D eigenvalue weighted by Crippen LogP contribution is -2.22. The summed E-state index contributed by atoms with van der Waals surface area (Å²) in [7, 11) is 0. The molecule has 26 heavy (non-hydrogen) atoms. The first-order valence-corrected chi connectivity index (χ1v) is 9.66. The van der Waals surface area contributed by atoms with Crippen molar-refractivity contribution in [2.75, 3.05) is 5.32 Å². The predicted octanol–water partition coefficient (Wildman–Crippen LogP) is 5.19. The Morgan fingerprint density at radius 1 is 1.00 bits per heavy atom. The molecule has 2 aromatic carbocycles. The van der Waals surface area contributed by atoms with E-state index < -0.39 is 0 Å². The van der Waals surface area contributed by atoms with E-state index in [9.17, 15) is 4.79 Å². The van der Waals surface area contributed by atoms with E-state index in [-0.39, 0.29) is 11.8 Å². The zero-order valence-electron chi connectivity index (χ0n) is 14.8. The van der Waals surface area contributed by atoms with Crippen LogP contribution in [0.5, 0.6) is 0 Å². The van der Waals surface area contributed by atoms with Crippen LogP contribution in [0.1, 0.15) is 18.1 Å². The molecule has 1 aromatic heterocycles. The van der Waals surface area contributed by atoms with Gasteiger partial charge in [0.05, 0.1) is 0 Å². The Hall–Kier alpha value is -2.59. The Labute approximate surface area is 158 Å². The lowest BCUT2D eigenvalue weighted by Gasteiger charge is -2.12. The van der Waals surface area contributed by atoms with Crippen molar-refractivity contribution in [1.82, 2.24) is 4.98 Å². The third-order valence-electron chi connectivity index (χ3n) is 4.08. The first-order valence-electron chi connectivity index (χ1n) is 8.67. The minimum Gasteiger partial charge on any atom is -0.326 e. The number of hydrogen-bond acceptors (Lipinski definition) is 3. The van der Waals surface area contributed by atoms with Gasteiger partial charge in [0.2, 0.25) is 5.91 Å². The van der Waals surface area contributed by atoms with Crippen LogP contribution in [0, 0.1) is 5.92 Å². The van der Waals surface area contributed by atoms with Gasteiger partial charge in [0.15, 0.2) is 0 Å². The molecule has 1 amide bonds. The van der Waals surface area contributed by atoms with Crippen LogP contribution in [0.15, 0.2) is 84.0 Å². The second-order valence-corrected chi connectivity index (χ2v) is 7.30. The number of aromatic nitrogens is 1. The third-order valence-corrected chi connectivity index (χ3v) is 5.17. The maximum atomic E-state index is 12.4. The Morgan fingerprint density at radius 3 is 2.42 bits per heavy atom. The van der Waals surface area contributed by atoms with Gasteiger partial charge in [0.25, 0.3) is 0 Å². The molecular weight excluding hydrogens is 340 g/mol. The van der Waals surface area contributed by atoms with E-state index in [1.54, 1.807) is 18.0 Å². The molecule has 0 aliphatic heterocycles. The number of carbonyl (C=O) groups is 1. The van der Waals surface area contributed by atoms with Crippen molar-refractivity contribution in [3.05, 3.63) is 90.3 Å². The molecule has 0 fully saturated rings. The van der Waals surface area contributed by atoms with Crippen molar-refractivity contribution in [2.45, 2.75) is 24.0 Å². The standard InChI is InChI=1S/C22H22N2OS/c1-17(14-19-8-5-13-23-15-19)22(25)24-20-9-11-21(12-10-20)26-16-18-6-3-2-4-7-18/h2-13,15,17H,14,16H2,1H3,(H,24,25)/t17-/m0/s1. The summed E-state index contributed by atoms with van der Waals surface area (Å²) in [4.78, 5) is 17.7. The lowest BCUT2D eigenvalue weighted by molar-refractivity contribution is -0.119. The summed E-state index contributed by atoms with van der Waals surface area (Å²) in [5.74, 6) is 0.860. The predicted molar refractivity (Wildman–Crippen MR) is 108 cm³/mol. The fourth-order valence-electron chi connectivity index (χ4n) is 2.61. The second-order valence-electron chi connectivity index (χ2n) is 6.25. The number of amides is 1. The van der Waals surface area contributed by atoms with Gasteiger partial charge < -0.3 is 5.32 Å². The number of benzene rings is 2. The number of rotatable bonds is 7. The summed E-state index contributed by atoms with van der Waals surface area (Å²) in [6.45, 7) is 1.94. The van der Waals surface area contributed by atoms with E-state index in [4.69, 9.17) is 0 Å².